The van der Waals surface area contributed by atoms with Crippen LogP contribution in [-0.2, 0) is 9.53 Å². The Morgan fingerprint density at radius 1 is 1.00 bits per heavy atom. The van der Waals surface area contributed by atoms with Gasteiger partial charge in [-0.3, -0.25) is 4.79 Å². The SMILES string of the molecule is CC(C)CCC(NC(=O)OCC1c2ccccc2-c2ccccc21)C(=O)F. The van der Waals surface area contributed by atoms with Gasteiger partial charge in [-0.25, -0.2) is 4.79 Å². The summed E-state index contributed by atoms with van der Waals surface area (Å²) in [5.74, 6) is 0.245. The molecule has 1 unspecified atom stereocenters. The van der Waals surface area contributed by atoms with Gasteiger partial charge in [0.2, 0.25) is 0 Å². The van der Waals surface area contributed by atoms with Crippen LogP contribution in [0.15, 0.2) is 48.5 Å². The normalized spacial score (nSPS) is 13.8. The smallest absolute Gasteiger partial charge is 0.407 e. The number of benzene rings is 2. The van der Waals surface area contributed by atoms with E-state index in [1.165, 1.54) is 0 Å². The molecule has 1 amide bonds. The first-order valence-corrected chi connectivity index (χ1v) is 9.28. The van der Waals surface area contributed by atoms with Crippen molar-refractivity contribution in [3.05, 3.63) is 59.7 Å². The first-order valence-electron chi connectivity index (χ1n) is 9.28. The zero-order chi connectivity index (χ0) is 19.4. The van der Waals surface area contributed by atoms with Gasteiger partial charge in [-0.1, -0.05) is 62.4 Å². The van der Waals surface area contributed by atoms with E-state index in [2.05, 4.69) is 17.4 Å². The van der Waals surface area contributed by atoms with Gasteiger partial charge in [0, 0.05) is 5.92 Å². The van der Waals surface area contributed by atoms with Crippen molar-refractivity contribution in [3.63, 3.8) is 0 Å². The molecule has 3 rings (SSSR count). The molecule has 0 heterocycles. The molecule has 0 aliphatic heterocycles. The summed E-state index contributed by atoms with van der Waals surface area (Å²) in [5.41, 5.74) is 4.47. The minimum Gasteiger partial charge on any atom is -0.449 e. The molecule has 0 saturated carbocycles. The molecule has 0 fully saturated rings. The van der Waals surface area contributed by atoms with E-state index < -0.39 is 18.2 Å². The molecule has 0 radical (unpaired) electrons. The molecular formula is C22H24FNO3. The summed E-state index contributed by atoms with van der Waals surface area (Å²) in [6.45, 7) is 4.09. The second kappa shape index (κ2) is 8.33. The van der Waals surface area contributed by atoms with Crippen LogP contribution in [0.1, 0.15) is 43.7 Å². The lowest BCUT2D eigenvalue weighted by Gasteiger charge is -2.17. The summed E-state index contributed by atoms with van der Waals surface area (Å²) < 4.78 is 18.6. The largest absolute Gasteiger partial charge is 0.449 e. The van der Waals surface area contributed by atoms with Crippen molar-refractivity contribution < 1.29 is 18.7 Å². The summed E-state index contributed by atoms with van der Waals surface area (Å²) in [5, 5.41) is 2.36. The molecule has 1 aliphatic rings. The lowest BCUT2D eigenvalue weighted by molar-refractivity contribution is -0.131. The Hall–Kier alpha value is -2.69. The molecule has 0 saturated heterocycles. The van der Waals surface area contributed by atoms with E-state index in [0.717, 1.165) is 22.3 Å². The minimum absolute atomic E-state index is 0.0710. The molecule has 4 nitrogen and oxygen atoms in total. The van der Waals surface area contributed by atoms with E-state index >= 15 is 0 Å². The molecule has 2 aromatic carbocycles. The number of hydrogen-bond donors (Lipinski definition) is 1. The van der Waals surface area contributed by atoms with Crippen molar-refractivity contribution in [2.24, 2.45) is 5.92 Å². The molecule has 1 atom stereocenters. The fourth-order valence-corrected chi connectivity index (χ4v) is 3.52. The van der Waals surface area contributed by atoms with Crippen LogP contribution >= 0.6 is 0 Å². The lowest BCUT2D eigenvalue weighted by Crippen LogP contribution is -2.40. The standard InChI is InChI=1S/C22H24FNO3/c1-14(2)11-12-20(21(23)25)24-22(26)27-13-19-17-9-5-3-7-15(17)16-8-4-6-10-18(16)19/h3-10,14,19-20H,11-13H2,1-2H3,(H,24,26). The Labute approximate surface area is 158 Å². The van der Waals surface area contributed by atoms with E-state index in [-0.39, 0.29) is 18.9 Å². The van der Waals surface area contributed by atoms with Crippen LogP contribution in [0.2, 0.25) is 0 Å². The van der Waals surface area contributed by atoms with E-state index in [4.69, 9.17) is 4.74 Å². The van der Waals surface area contributed by atoms with Crippen molar-refractivity contribution in [3.8, 4) is 11.1 Å². The van der Waals surface area contributed by atoms with E-state index in [9.17, 15) is 14.0 Å². The van der Waals surface area contributed by atoms with Crippen molar-refractivity contribution in [1.82, 2.24) is 5.32 Å². The quantitative estimate of drug-likeness (QED) is 0.712. The molecule has 1 N–H and O–H groups in total. The van der Waals surface area contributed by atoms with Gasteiger partial charge in [-0.05, 0) is 41.0 Å². The third-order valence-corrected chi connectivity index (χ3v) is 4.94. The molecule has 2 aromatic rings. The number of amides is 1. The monoisotopic (exact) mass is 369 g/mol. The first kappa shape index (κ1) is 19.1. The summed E-state index contributed by atoms with van der Waals surface area (Å²) in [7, 11) is 0. The predicted molar refractivity (Wildman–Crippen MR) is 102 cm³/mol. The highest BCUT2D eigenvalue weighted by atomic mass is 19.1. The molecule has 1 aliphatic carbocycles. The topological polar surface area (TPSA) is 55.4 Å². The van der Waals surface area contributed by atoms with Crippen molar-refractivity contribution in [1.29, 1.82) is 0 Å². The van der Waals surface area contributed by atoms with Crippen LogP contribution in [0.5, 0.6) is 0 Å². The van der Waals surface area contributed by atoms with Gasteiger partial charge in [0.05, 0.1) is 0 Å². The maximum absolute atomic E-state index is 13.2. The van der Waals surface area contributed by atoms with Gasteiger partial charge >= 0.3 is 12.1 Å². The average molecular weight is 369 g/mol. The molecular weight excluding hydrogens is 345 g/mol. The highest BCUT2D eigenvalue weighted by Gasteiger charge is 2.29. The molecule has 142 valence electrons. The number of rotatable bonds is 7. The van der Waals surface area contributed by atoms with Crippen LogP contribution in [0, 0.1) is 5.92 Å². The molecule has 27 heavy (non-hydrogen) atoms. The predicted octanol–water partition coefficient (Wildman–Crippen LogP) is 4.83. The number of hydrogen-bond acceptors (Lipinski definition) is 3. The van der Waals surface area contributed by atoms with Crippen LogP contribution in [0.25, 0.3) is 11.1 Å². The van der Waals surface area contributed by atoms with Crippen LogP contribution in [-0.4, -0.2) is 24.8 Å². The van der Waals surface area contributed by atoms with Gasteiger partial charge in [-0.2, -0.15) is 4.39 Å². The van der Waals surface area contributed by atoms with Gasteiger partial charge in [0.1, 0.15) is 12.6 Å². The summed E-state index contributed by atoms with van der Waals surface area (Å²) >= 11 is 0. The van der Waals surface area contributed by atoms with Crippen LogP contribution in [0.3, 0.4) is 0 Å². The minimum atomic E-state index is -1.54. The fraction of sp³-hybridized carbons (Fsp3) is 0.364. The Morgan fingerprint density at radius 2 is 1.56 bits per heavy atom. The van der Waals surface area contributed by atoms with Crippen LogP contribution < -0.4 is 5.32 Å². The number of nitrogens with one attached hydrogen (secondary N) is 1. The molecule has 0 bridgehead atoms. The molecule has 0 aromatic heterocycles. The highest BCUT2D eigenvalue weighted by Crippen LogP contribution is 2.44. The number of carbonyl (C=O) groups is 2. The van der Waals surface area contributed by atoms with Gasteiger partial charge in [0.25, 0.3) is 0 Å². The third kappa shape index (κ3) is 4.35. The lowest BCUT2D eigenvalue weighted by atomic mass is 9.98. The Balaban J connectivity index is 1.66. The van der Waals surface area contributed by atoms with Gasteiger partial charge in [-0.15, -0.1) is 0 Å². The van der Waals surface area contributed by atoms with Crippen LogP contribution in [0.4, 0.5) is 9.18 Å². The second-order valence-electron chi connectivity index (χ2n) is 7.30. The molecule has 5 heteroatoms. The summed E-state index contributed by atoms with van der Waals surface area (Å²) in [6, 6.07) is 13.4. The van der Waals surface area contributed by atoms with Gasteiger partial charge < -0.3 is 10.1 Å². The van der Waals surface area contributed by atoms with E-state index in [1.807, 2.05) is 50.2 Å². The number of ether oxygens (including phenoxy) is 1. The highest BCUT2D eigenvalue weighted by molar-refractivity contribution is 5.81. The number of alkyl carbamates (subject to hydrolysis) is 1. The molecule has 0 spiro atoms. The Morgan fingerprint density at radius 3 is 2.07 bits per heavy atom. The number of carbonyl (C=O) groups excluding carboxylic acids is 2. The van der Waals surface area contributed by atoms with E-state index in [0.29, 0.717) is 12.3 Å². The maximum Gasteiger partial charge on any atom is 0.407 e. The number of halogens is 1. The van der Waals surface area contributed by atoms with Gasteiger partial charge in [0.15, 0.2) is 0 Å². The van der Waals surface area contributed by atoms with Crippen molar-refractivity contribution in [2.45, 2.75) is 38.6 Å². The Bertz CT molecular complexity index is 788. The maximum atomic E-state index is 13.2. The van der Waals surface area contributed by atoms with Crippen molar-refractivity contribution >= 4 is 12.1 Å². The summed E-state index contributed by atoms with van der Waals surface area (Å²) in [6.07, 6.45) is 0.137. The average Bonchev–Trinajstić information content (AvgIpc) is 2.97. The zero-order valence-corrected chi connectivity index (χ0v) is 15.6. The Kier molecular flexibility index (Phi) is 5.89. The summed E-state index contributed by atoms with van der Waals surface area (Å²) in [4.78, 5) is 23.3. The fourth-order valence-electron chi connectivity index (χ4n) is 3.52. The number of fused-ring (bicyclic) bond motifs is 3. The zero-order valence-electron chi connectivity index (χ0n) is 15.6. The van der Waals surface area contributed by atoms with E-state index in [1.54, 1.807) is 0 Å². The third-order valence-electron chi connectivity index (χ3n) is 4.94. The second-order valence-corrected chi connectivity index (χ2v) is 7.30. The first-order chi connectivity index (χ1) is 13.0. The van der Waals surface area contributed by atoms with Crippen molar-refractivity contribution in [2.75, 3.05) is 6.61 Å².